The SMILES string of the molecule is CC#CC#CC#CC#CC#CC#CC#CC#CC#CC#CC#CC#CC#CC.C[C@@H]1CCC[C@H](C)N1CC(=O)N[C@@H](Cc1ccccc1)C(=O)CCc1ccc2c(N)nccc2c1.NN=NN[N+](=O)[O-].[HH].[HH].[HH].[HH].[HH].[HH].[HH].[HH].[HH].[HH].[HH].[HH].[HH].[HH]. The molecule has 1 aliphatic rings. The molecule has 70 heavy (non-hydrogen) atoms. The van der Waals surface area contributed by atoms with Crippen LogP contribution in [0.1, 0.15) is 84.5 Å². The zero-order valence-electron chi connectivity index (χ0n) is 39.0. The summed E-state index contributed by atoms with van der Waals surface area (Å²) in [6.45, 7) is 8.09. The van der Waals surface area contributed by atoms with Gasteiger partial charge in [-0.25, -0.2) is 4.98 Å². The summed E-state index contributed by atoms with van der Waals surface area (Å²) < 4.78 is 0. The van der Waals surface area contributed by atoms with Crippen LogP contribution in [0.5, 0.6) is 0 Å². The Balaban J connectivity index is -0.0000000862. The molecule has 0 unspecified atom stereocenters. The summed E-state index contributed by atoms with van der Waals surface area (Å²) in [5.41, 5.74) is 9.42. The lowest BCUT2D eigenvalue weighted by molar-refractivity contribution is -0.546. The van der Waals surface area contributed by atoms with E-state index in [1.165, 1.54) is 12.0 Å². The first-order valence-electron chi connectivity index (χ1n) is 21.2. The molecule has 2 aromatic carbocycles. The van der Waals surface area contributed by atoms with Crippen molar-refractivity contribution in [3.63, 3.8) is 0 Å². The number of ketones is 1. The molecule has 1 amide bonds. The number of nitrogen functional groups attached to an aromatic ring is 1. The summed E-state index contributed by atoms with van der Waals surface area (Å²) >= 11 is 0. The van der Waals surface area contributed by atoms with Crippen molar-refractivity contribution in [3.8, 4) is 154 Å². The number of aromatic nitrogens is 1. The molecule has 13 heteroatoms. The molecular weight excluding hydrogens is 875 g/mol. The number of Topliss-reactive ketones (excluding diaryl/α,β-unsaturated/α-hetero) is 1. The van der Waals surface area contributed by atoms with E-state index >= 15 is 0 Å². The minimum atomic E-state index is -0.879. The van der Waals surface area contributed by atoms with Crippen molar-refractivity contribution in [2.45, 2.75) is 84.3 Å². The van der Waals surface area contributed by atoms with Gasteiger partial charge in [-0.3, -0.25) is 20.3 Å². The molecule has 13 nitrogen and oxygen atoms in total. The summed E-state index contributed by atoms with van der Waals surface area (Å²) in [6.07, 6.45) is 6.58. The van der Waals surface area contributed by atoms with E-state index in [9.17, 15) is 19.7 Å². The number of nitrogens with one attached hydrogen (secondary N) is 2. The molecule has 0 aliphatic carbocycles. The number of rotatable bonds is 11. The number of nitrogens with zero attached hydrogens (tertiary/aromatic N) is 5. The molecule has 370 valence electrons. The van der Waals surface area contributed by atoms with Crippen LogP contribution in [0, 0.1) is 164 Å². The van der Waals surface area contributed by atoms with Gasteiger partial charge in [0.05, 0.1) is 22.8 Å². The van der Waals surface area contributed by atoms with Gasteiger partial charge in [-0.15, -0.1) is 0 Å². The number of amides is 1. The van der Waals surface area contributed by atoms with Crippen LogP contribution < -0.4 is 22.4 Å². The summed E-state index contributed by atoms with van der Waals surface area (Å²) in [5, 5.41) is 18.5. The highest BCUT2D eigenvalue weighted by atomic mass is 16.7. The van der Waals surface area contributed by atoms with Crippen molar-refractivity contribution in [1.29, 1.82) is 0 Å². The molecule has 1 aromatic heterocycles. The van der Waals surface area contributed by atoms with Crippen LogP contribution in [0.2, 0.25) is 0 Å². The molecule has 0 spiro atoms. The second-order valence-corrected chi connectivity index (χ2v) is 13.9. The van der Waals surface area contributed by atoms with Crippen molar-refractivity contribution < 1.29 is 34.6 Å². The van der Waals surface area contributed by atoms with Crippen molar-refractivity contribution in [2.24, 2.45) is 16.3 Å². The number of pyridine rings is 1. The van der Waals surface area contributed by atoms with Gasteiger partial charge in [0.15, 0.2) is 11.0 Å². The Labute approximate surface area is 431 Å². The lowest BCUT2D eigenvalue weighted by Gasteiger charge is -2.38. The van der Waals surface area contributed by atoms with Crippen LogP contribution in [0.3, 0.4) is 0 Å². The van der Waals surface area contributed by atoms with Crippen LogP contribution in [0.4, 0.5) is 5.82 Å². The molecular formula is C57H73N9O4. The predicted octanol–water partition coefficient (Wildman–Crippen LogP) is 7.83. The number of nitro groups is 1. The lowest BCUT2D eigenvalue weighted by atomic mass is 9.96. The number of piperidine rings is 1. The lowest BCUT2D eigenvalue weighted by Crippen LogP contribution is -2.51. The molecule has 0 radical (unpaired) electrons. The average molecular weight is 948 g/mol. The van der Waals surface area contributed by atoms with E-state index in [-0.39, 0.29) is 31.7 Å². The van der Waals surface area contributed by atoms with E-state index in [2.05, 4.69) is 205 Å². The van der Waals surface area contributed by atoms with Crippen LogP contribution in [-0.4, -0.2) is 51.3 Å². The third kappa shape index (κ3) is 25.8. The summed E-state index contributed by atoms with van der Waals surface area (Å²) in [6, 6.07) is 18.1. The number of anilines is 1. The first-order valence-corrected chi connectivity index (χ1v) is 21.2. The molecule has 0 bridgehead atoms. The van der Waals surface area contributed by atoms with E-state index in [1.54, 1.807) is 20.0 Å². The van der Waals surface area contributed by atoms with Crippen molar-refractivity contribution in [3.05, 3.63) is 82.0 Å². The number of carbonyl (C=O) groups excluding carboxylic acids is 2. The standard InChI is InChI=1S/C29H36N4O2.C28H6.H3N5O2.14H2/c1-20-7-6-8-21(2)33(20)19-28(35)32-26(18-22-9-4-3-5-10-22)27(34)14-12-23-11-13-25-24(17-23)15-16-31-29(25)30;1-3-5-7-9-11-13-15-17-19-21-23-25-27-28-26-24-22-20-18-16-14-12-10-8-6-4-2;1-2-3-4-5(6)7;;;;;;;;;;;;;;/h3-5,9-11,13,15-17,20-21,26H,6-8,12,14,18-19H2,1-2H3,(H2,30,31)(H,32,35);1-2H3;(H2,1,3)(H,2,4);14*1H/t20-,21+,26-;;;;;;;;;;;;;;;;/m0................/s1. The second-order valence-electron chi connectivity index (χ2n) is 13.9. The number of hydrogen-bond donors (Lipinski definition) is 4. The average Bonchev–Trinajstić information content (AvgIpc) is 3.35. The maximum absolute atomic E-state index is 13.3. The zero-order valence-corrected chi connectivity index (χ0v) is 39.0. The van der Waals surface area contributed by atoms with Crippen LogP contribution >= 0.6 is 0 Å². The molecule has 1 aliphatic heterocycles. The van der Waals surface area contributed by atoms with Gasteiger partial charge in [-0.2, -0.15) is 0 Å². The first kappa shape index (κ1) is 55.8. The Morgan fingerprint density at radius 1 is 0.743 bits per heavy atom. The van der Waals surface area contributed by atoms with Gasteiger partial charge in [-0.05, 0) is 171 Å². The molecule has 1 saturated heterocycles. The minimum Gasteiger partial charge on any atom is -0.383 e. The Bertz CT molecular complexity index is 3180. The molecule has 3 atom stereocenters. The quantitative estimate of drug-likeness (QED) is 0.0487. The highest BCUT2D eigenvalue weighted by Crippen LogP contribution is 2.23. The molecule has 0 saturated carbocycles. The highest BCUT2D eigenvalue weighted by molar-refractivity contribution is 5.92. The number of aryl methyl sites for hydroxylation is 1. The van der Waals surface area contributed by atoms with Gasteiger partial charge in [0.2, 0.25) is 5.91 Å². The Kier molecular flexibility index (Phi) is 28.6. The monoisotopic (exact) mass is 948 g/mol. The number of fused-ring (bicyclic) bond motifs is 1. The fraction of sp³-hybridized carbons (Fsp3) is 0.246. The number of hydrogen-bond acceptors (Lipinski definition) is 9. The fourth-order valence-electron chi connectivity index (χ4n) is 6.01. The summed E-state index contributed by atoms with van der Waals surface area (Å²) in [4.78, 5) is 42.0. The Morgan fingerprint density at radius 3 is 1.64 bits per heavy atom. The maximum Gasteiger partial charge on any atom is 0.234 e. The molecule has 1 fully saturated rings. The van der Waals surface area contributed by atoms with Gasteiger partial charge in [0.25, 0.3) is 0 Å². The number of hydrazine groups is 1. The first-order chi connectivity index (χ1) is 34.1. The van der Waals surface area contributed by atoms with E-state index in [4.69, 9.17) is 5.73 Å². The molecule has 6 N–H and O–H groups in total. The summed E-state index contributed by atoms with van der Waals surface area (Å²) in [5.74, 6) is 70.5. The van der Waals surface area contributed by atoms with E-state index in [1.807, 2.05) is 48.5 Å². The smallest absolute Gasteiger partial charge is 0.234 e. The fourth-order valence-corrected chi connectivity index (χ4v) is 6.01. The van der Waals surface area contributed by atoms with Crippen LogP contribution in [-0.2, 0) is 22.4 Å². The van der Waals surface area contributed by atoms with Gasteiger partial charge in [0.1, 0.15) is 5.82 Å². The minimum absolute atomic E-state index is 0. The number of likely N-dealkylation sites (tertiary alicyclic amines) is 1. The number of carbonyl (C=O) groups is 2. The van der Waals surface area contributed by atoms with E-state index in [0.717, 1.165) is 34.7 Å². The topological polar surface area (TPSA) is 194 Å². The Morgan fingerprint density at radius 2 is 1.21 bits per heavy atom. The predicted molar refractivity (Wildman–Crippen MR) is 302 cm³/mol. The number of benzene rings is 2. The maximum atomic E-state index is 13.3. The van der Waals surface area contributed by atoms with E-state index < -0.39 is 11.1 Å². The van der Waals surface area contributed by atoms with Gasteiger partial charge >= 0.3 is 0 Å². The van der Waals surface area contributed by atoms with Crippen molar-refractivity contribution in [1.82, 2.24) is 20.7 Å². The van der Waals surface area contributed by atoms with Crippen molar-refractivity contribution in [2.75, 3.05) is 12.3 Å². The van der Waals surface area contributed by atoms with E-state index in [0.29, 0.717) is 43.7 Å². The largest absolute Gasteiger partial charge is 0.383 e. The van der Waals surface area contributed by atoms with Gasteiger partial charge in [-0.1, -0.05) is 66.8 Å². The third-order valence-electron chi connectivity index (χ3n) is 9.10. The van der Waals surface area contributed by atoms with Gasteiger partial charge in [0, 0.05) is 103 Å². The second kappa shape index (κ2) is 35.9. The van der Waals surface area contributed by atoms with Crippen LogP contribution in [0.25, 0.3) is 10.8 Å². The molecule has 2 heterocycles. The van der Waals surface area contributed by atoms with Crippen LogP contribution in [0.15, 0.2) is 71.2 Å². The highest BCUT2D eigenvalue weighted by Gasteiger charge is 2.28. The molecule has 3 aromatic rings. The van der Waals surface area contributed by atoms with Gasteiger partial charge < -0.3 is 21.2 Å². The zero-order chi connectivity index (χ0) is 50.9. The Hall–Kier alpha value is -10.4. The summed E-state index contributed by atoms with van der Waals surface area (Å²) in [7, 11) is 0. The third-order valence-corrected chi connectivity index (χ3v) is 9.10. The molecule has 4 rings (SSSR count). The van der Waals surface area contributed by atoms with Crippen molar-refractivity contribution >= 4 is 28.3 Å². The normalized spacial score (nSPS) is 12.2. The number of nitrogens with two attached hydrogens (primary N) is 2.